The molecule has 3 rings (SSSR count). The van der Waals surface area contributed by atoms with Crippen molar-refractivity contribution >= 4 is 46.0 Å². The Morgan fingerprint density at radius 2 is 2.08 bits per heavy atom. The van der Waals surface area contributed by atoms with Crippen molar-refractivity contribution in [2.45, 2.75) is 5.75 Å². The number of carbonyl (C=O) groups excluding carboxylic acids is 1. The van der Waals surface area contributed by atoms with Gasteiger partial charge in [0.05, 0.1) is 17.1 Å². The first kappa shape index (κ1) is 17.3. The van der Waals surface area contributed by atoms with E-state index in [-0.39, 0.29) is 11.7 Å². The molecule has 3 nitrogen and oxygen atoms in total. The molecule has 0 bridgehead atoms. The number of benzene rings is 2. The first-order valence-corrected chi connectivity index (χ1v) is 8.97. The molecule has 0 unspecified atom stereocenters. The molecule has 0 saturated heterocycles. The van der Waals surface area contributed by atoms with E-state index in [0.29, 0.717) is 39.6 Å². The van der Waals surface area contributed by atoms with E-state index in [1.807, 2.05) is 6.07 Å². The third-order valence-corrected chi connectivity index (χ3v) is 5.10. The first-order chi connectivity index (χ1) is 11.5. The zero-order valence-electron chi connectivity index (χ0n) is 12.5. The van der Waals surface area contributed by atoms with E-state index in [4.69, 9.17) is 23.2 Å². The van der Waals surface area contributed by atoms with Crippen LogP contribution in [0.1, 0.15) is 15.9 Å². The minimum absolute atomic E-state index is 0.209. The SMILES string of the molecule is O=C(c1ccc(Cl)cc1Cl)N1CCN=C1SCc1cccc(F)c1. The van der Waals surface area contributed by atoms with Crippen molar-refractivity contribution in [3.05, 3.63) is 69.5 Å². The number of amides is 1. The number of amidine groups is 1. The van der Waals surface area contributed by atoms with Crippen molar-refractivity contribution in [3.8, 4) is 0 Å². The quantitative estimate of drug-likeness (QED) is 0.757. The third kappa shape index (κ3) is 3.91. The Labute approximate surface area is 153 Å². The lowest BCUT2D eigenvalue weighted by atomic mass is 10.2. The third-order valence-electron chi connectivity index (χ3n) is 3.47. The van der Waals surface area contributed by atoms with Crippen LogP contribution in [0.25, 0.3) is 0 Å². The molecule has 24 heavy (non-hydrogen) atoms. The fourth-order valence-corrected chi connectivity index (χ4v) is 3.80. The Morgan fingerprint density at radius 3 is 2.83 bits per heavy atom. The zero-order chi connectivity index (χ0) is 17.1. The minimum Gasteiger partial charge on any atom is -0.286 e. The number of halogens is 3. The number of hydrogen-bond donors (Lipinski definition) is 0. The molecular formula is C17H13Cl2FN2OS. The van der Waals surface area contributed by atoms with Gasteiger partial charge in [-0.3, -0.25) is 14.7 Å². The molecule has 0 fully saturated rings. The molecule has 2 aromatic carbocycles. The lowest BCUT2D eigenvalue weighted by molar-refractivity contribution is 0.0861. The molecule has 0 spiro atoms. The molecule has 1 amide bonds. The number of rotatable bonds is 3. The van der Waals surface area contributed by atoms with Gasteiger partial charge in [-0.25, -0.2) is 4.39 Å². The molecule has 124 valence electrons. The Morgan fingerprint density at radius 1 is 1.25 bits per heavy atom. The first-order valence-electron chi connectivity index (χ1n) is 7.23. The number of hydrogen-bond acceptors (Lipinski definition) is 3. The highest BCUT2D eigenvalue weighted by atomic mass is 35.5. The van der Waals surface area contributed by atoms with Gasteiger partial charge in [-0.05, 0) is 35.9 Å². The summed E-state index contributed by atoms with van der Waals surface area (Å²) in [5.74, 6) is 0.0522. The van der Waals surface area contributed by atoms with Crippen LogP contribution in [0.4, 0.5) is 4.39 Å². The van der Waals surface area contributed by atoms with Gasteiger partial charge in [0.2, 0.25) is 0 Å². The number of aliphatic imine (C=N–C) groups is 1. The molecule has 1 aliphatic heterocycles. The van der Waals surface area contributed by atoms with Crippen molar-refractivity contribution in [3.63, 3.8) is 0 Å². The van der Waals surface area contributed by atoms with Crippen LogP contribution < -0.4 is 0 Å². The van der Waals surface area contributed by atoms with Gasteiger partial charge < -0.3 is 0 Å². The summed E-state index contributed by atoms with van der Waals surface area (Å²) >= 11 is 13.4. The van der Waals surface area contributed by atoms with Crippen LogP contribution in [-0.2, 0) is 5.75 Å². The van der Waals surface area contributed by atoms with Crippen LogP contribution in [-0.4, -0.2) is 29.1 Å². The van der Waals surface area contributed by atoms with Crippen molar-refractivity contribution < 1.29 is 9.18 Å². The highest BCUT2D eigenvalue weighted by Gasteiger charge is 2.26. The molecule has 1 aliphatic rings. The maximum Gasteiger partial charge on any atom is 0.261 e. The second-order valence-corrected chi connectivity index (χ2v) is 6.95. The van der Waals surface area contributed by atoms with Crippen molar-refractivity contribution in [1.29, 1.82) is 0 Å². The van der Waals surface area contributed by atoms with Crippen LogP contribution in [0.2, 0.25) is 10.0 Å². The molecule has 1 heterocycles. The summed E-state index contributed by atoms with van der Waals surface area (Å²) in [5, 5.41) is 1.41. The number of carbonyl (C=O) groups is 1. The maximum atomic E-state index is 13.2. The monoisotopic (exact) mass is 382 g/mol. The van der Waals surface area contributed by atoms with Gasteiger partial charge in [0, 0.05) is 17.3 Å². The van der Waals surface area contributed by atoms with Gasteiger partial charge in [0.15, 0.2) is 5.17 Å². The molecule has 0 N–H and O–H groups in total. The highest BCUT2D eigenvalue weighted by molar-refractivity contribution is 8.13. The smallest absolute Gasteiger partial charge is 0.261 e. The predicted molar refractivity (Wildman–Crippen MR) is 97.5 cm³/mol. The van der Waals surface area contributed by atoms with Gasteiger partial charge in [-0.15, -0.1) is 0 Å². The fourth-order valence-electron chi connectivity index (χ4n) is 2.32. The highest BCUT2D eigenvalue weighted by Crippen LogP contribution is 2.26. The summed E-state index contributed by atoms with van der Waals surface area (Å²) in [6.07, 6.45) is 0. The molecule has 7 heteroatoms. The van der Waals surface area contributed by atoms with Crippen molar-refractivity contribution in [2.24, 2.45) is 4.99 Å². The van der Waals surface area contributed by atoms with Gasteiger partial charge in [-0.2, -0.15) is 0 Å². The van der Waals surface area contributed by atoms with E-state index in [1.54, 1.807) is 29.2 Å². The average Bonchev–Trinajstić information content (AvgIpc) is 3.01. The van der Waals surface area contributed by atoms with Gasteiger partial charge >= 0.3 is 0 Å². The van der Waals surface area contributed by atoms with Crippen LogP contribution in [0.15, 0.2) is 47.5 Å². The molecule has 0 saturated carbocycles. The van der Waals surface area contributed by atoms with E-state index in [1.165, 1.54) is 23.9 Å². The molecule has 0 aromatic heterocycles. The van der Waals surface area contributed by atoms with Gasteiger partial charge in [-0.1, -0.05) is 47.1 Å². The Balaban J connectivity index is 1.72. The Hall–Kier alpha value is -1.56. The molecule has 0 atom stereocenters. The fraction of sp³-hybridized carbons (Fsp3) is 0.176. The Kier molecular flexibility index (Phi) is 5.43. The minimum atomic E-state index is -0.276. The summed E-state index contributed by atoms with van der Waals surface area (Å²) in [4.78, 5) is 18.7. The normalized spacial score (nSPS) is 14.0. The van der Waals surface area contributed by atoms with E-state index >= 15 is 0 Å². The second-order valence-electron chi connectivity index (χ2n) is 5.16. The summed E-state index contributed by atoms with van der Waals surface area (Å²) in [6.45, 7) is 1.05. The predicted octanol–water partition coefficient (Wildman–Crippen LogP) is 4.88. The summed E-state index contributed by atoms with van der Waals surface area (Å²) in [5.41, 5.74) is 1.23. The van der Waals surface area contributed by atoms with Crippen LogP contribution in [0, 0.1) is 5.82 Å². The number of thioether (sulfide) groups is 1. The van der Waals surface area contributed by atoms with Crippen LogP contribution in [0.5, 0.6) is 0 Å². The van der Waals surface area contributed by atoms with Crippen molar-refractivity contribution in [1.82, 2.24) is 4.90 Å². The lowest BCUT2D eigenvalue weighted by Gasteiger charge is -2.18. The molecule has 2 aromatic rings. The summed E-state index contributed by atoms with van der Waals surface area (Å²) in [7, 11) is 0. The summed E-state index contributed by atoms with van der Waals surface area (Å²) in [6, 6.07) is 11.2. The topological polar surface area (TPSA) is 32.7 Å². The van der Waals surface area contributed by atoms with Crippen LogP contribution >= 0.6 is 35.0 Å². The van der Waals surface area contributed by atoms with Crippen molar-refractivity contribution in [2.75, 3.05) is 13.1 Å². The maximum absolute atomic E-state index is 13.2. The summed E-state index contributed by atoms with van der Waals surface area (Å²) < 4.78 is 13.2. The van der Waals surface area contributed by atoms with Gasteiger partial charge in [0.25, 0.3) is 5.91 Å². The molecular weight excluding hydrogens is 370 g/mol. The van der Waals surface area contributed by atoms with Crippen LogP contribution in [0.3, 0.4) is 0 Å². The van der Waals surface area contributed by atoms with E-state index in [9.17, 15) is 9.18 Å². The average molecular weight is 383 g/mol. The largest absolute Gasteiger partial charge is 0.286 e. The Bertz CT molecular complexity index is 813. The lowest BCUT2D eigenvalue weighted by Crippen LogP contribution is -2.33. The van der Waals surface area contributed by atoms with E-state index < -0.39 is 0 Å². The standard InChI is InChI=1S/C17H13Cl2FN2OS/c18-12-4-5-14(15(19)9-12)16(23)22-7-6-21-17(22)24-10-11-2-1-3-13(20)8-11/h1-5,8-9H,6-7,10H2. The van der Waals surface area contributed by atoms with Gasteiger partial charge in [0.1, 0.15) is 5.82 Å². The second kappa shape index (κ2) is 7.55. The van der Waals surface area contributed by atoms with E-state index in [2.05, 4.69) is 4.99 Å². The molecule has 0 aliphatic carbocycles. The zero-order valence-corrected chi connectivity index (χ0v) is 14.8. The van der Waals surface area contributed by atoms with E-state index in [0.717, 1.165) is 5.56 Å². The number of nitrogens with zero attached hydrogens (tertiary/aromatic N) is 2. The molecule has 0 radical (unpaired) electrons.